The number of Topliss-reactive ketones (excluding diaryl/α,β-unsaturated/α-hetero) is 1. The summed E-state index contributed by atoms with van der Waals surface area (Å²) in [5, 5.41) is 0. The van der Waals surface area contributed by atoms with Crippen molar-refractivity contribution in [2.45, 2.75) is 26.3 Å². The highest BCUT2D eigenvalue weighted by Crippen LogP contribution is 2.38. The van der Waals surface area contributed by atoms with Crippen LogP contribution in [-0.4, -0.2) is 16.8 Å². The second-order valence-electron chi connectivity index (χ2n) is 4.98. The molecule has 3 rings (SSSR count). The number of pyridine rings is 1. The second kappa shape index (κ2) is 4.50. The predicted molar refractivity (Wildman–Crippen MR) is 76.0 cm³/mol. The lowest BCUT2D eigenvalue weighted by Gasteiger charge is -2.25. The van der Waals surface area contributed by atoms with Crippen molar-refractivity contribution in [2.75, 3.05) is 4.90 Å². The standard InChI is InChI=1S/C16H16N2O/c1-11-10-13-6-3-4-8-15(13)18(11)16-14(12(2)19)7-5-9-17-16/h3-9,11H,10H2,1-2H3. The fraction of sp³-hybridized carbons (Fsp3) is 0.250. The van der Waals surface area contributed by atoms with E-state index in [9.17, 15) is 4.79 Å². The van der Waals surface area contributed by atoms with E-state index in [0.717, 1.165) is 17.9 Å². The first-order chi connectivity index (χ1) is 9.18. The third-order valence-corrected chi connectivity index (χ3v) is 3.60. The SMILES string of the molecule is CC(=O)c1cccnc1N1c2ccccc2CC1C. The Morgan fingerprint density at radius 2 is 2.05 bits per heavy atom. The summed E-state index contributed by atoms with van der Waals surface area (Å²) in [6.07, 6.45) is 2.74. The molecule has 1 aliphatic rings. The zero-order valence-corrected chi connectivity index (χ0v) is 11.1. The zero-order chi connectivity index (χ0) is 13.4. The predicted octanol–water partition coefficient (Wildman–Crippen LogP) is 3.37. The quantitative estimate of drug-likeness (QED) is 0.768. The van der Waals surface area contributed by atoms with Crippen LogP contribution in [-0.2, 0) is 6.42 Å². The molecule has 0 N–H and O–H groups in total. The van der Waals surface area contributed by atoms with Gasteiger partial charge in [0.25, 0.3) is 0 Å². The van der Waals surface area contributed by atoms with E-state index in [1.165, 1.54) is 5.56 Å². The zero-order valence-electron chi connectivity index (χ0n) is 11.1. The van der Waals surface area contributed by atoms with Gasteiger partial charge in [0.05, 0.1) is 5.56 Å². The number of para-hydroxylation sites is 1. The van der Waals surface area contributed by atoms with Gasteiger partial charge in [0.1, 0.15) is 5.82 Å². The molecule has 0 fully saturated rings. The van der Waals surface area contributed by atoms with Gasteiger partial charge in [-0.15, -0.1) is 0 Å². The summed E-state index contributed by atoms with van der Waals surface area (Å²) in [6.45, 7) is 3.76. The molecule has 2 aromatic rings. The Kier molecular flexibility index (Phi) is 2.82. The van der Waals surface area contributed by atoms with E-state index < -0.39 is 0 Å². The average molecular weight is 252 g/mol. The normalized spacial score (nSPS) is 17.4. The van der Waals surface area contributed by atoms with Crippen LogP contribution in [0.25, 0.3) is 0 Å². The number of carbonyl (C=O) groups is 1. The average Bonchev–Trinajstić information content (AvgIpc) is 2.74. The van der Waals surface area contributed by atoms with Gasteiger partial charge in [0.2, 0.25) is 0 Å². The van der Waals surface area contributed by atoms with Gasteiger partial charge in [-0.3, -0.25) is 4.79 Å². The van der Waals surface area contributed by atoms with Crippen molar-refractivity contribution in [3.63, 3.8) is 0 Å². The number of aromatic nitrogens is 1. The number of ketones is 1. The minimum Gasteiger partial charge on any atom is -0.322 e. The molecule has 0 bridgehead atoms. The molecule has 1 atom stereocenters. The van der Waals surface area contributed by atoms with E-state index in [2.05, 4.69) is 35.0 Å². The molecule has 19 heavy (non-hydrogen) atoms. The van der Waals surface area contributed by atoms with Crippen LogP contribution in [0.3, 0.4) is 0 Å². The number of hydrogen-bond acceptors (Lipinski definition) is 3. The first kappa shape index (κ1) is 11.9. The molecule has 0 spiro atoms. The molecule has 96 valence electrons. The highest BCUT2D eigenvalue weighted by Gasteiger charge is 2.29. The smallest absolute Gasteiger partial charge is 0.163 e. The molecule has 3 heteroatoms. The van der Waals surface area contributed by atoms with Crippen LogP contribution >= 0.6 is 0 Å². The molecule has 1 aliphatic heterocycles. The summed E-state index contributed by atoms with van der Waals surface area (Å²) in [7, 11) is 0. The minimum absolute atomic E-state index is 0.0553. The van der Waals surface area contributed by atoms with Gasteiger partial charge in [0.15, 0.2) is 5.78 Å². The third-order valence-electron chi connectivity index (χ3n) is 3.60. The summed E-state index contributed by atoms with van der Waals surface area (Å²) < 4.78 is 0. The van der Waals surface area contributed by atoms with E-state index in [-0.39, 0.29) is 5.78 Å². The molecule has 3 nitrogen and oxygen atoms in total. The van der Waals surface area contributed by atoms with E-state index in [1.54, 1.807) is 13.1 Å². The lowest BCUT2D eigenvalue weighted by Crippen LogP contribution is -2.26. The van der Waals surface area contributed by atoms with Crippen LogP contribution in [0.4, 0.5) is 11.5 Å². The van der Waals surface area contributed by atoms with Gasteiger partial charge < -0.3 is 4.90 Å². The molecule has 1 aromatic heterocycles. The maximum Gasteiger partial charge on any atom is 0.163 e. The number of carbonyl (C=O) groups excluding carboxylic acids is 1. The van der Waals surface area contributed by atoms with Crippen LogP contribution in [0.2, 0.25) is 0 Å². The van der Waals surface area contributed by atoms with Gasteiger partial charge in [-0.1, -0.05) is 18.2 Å². The fourth-order valence-electron chi connectivity index (χ4n) is 2.75. The molecule has 2 heterocycles. The topological polar surface area (TPSA) is 33.2 Å². The van der Waals surface area contributed by atoms with Crippen molar-refractivity contribution >= 4 is 17.3 Å². The largest absolute Gasteiger partial charge is 0.322 e. The van der Waals surface area contributed by atoms with Crippen molar-refractivity contribution in [1.29, 1.82) is 0 Å². The number of rotatable bonds is 2. The number of hydrogen-bond donors (Lipinski definition) is 0. The summed E-state index contributed by atoms with van der Waals surface area (Å²) >= 11 is 0. The Labute approximate surface area is 112 Å². The Bertz CT molecular complexity index is 636. The molecule has 1 aromatic carbocycles. The van der Waals surface area contributed by atoms with Crippen LogP contribution in [0.1, 0.15) is 29.8 Å². The first-order valence-electron chi connectivity index (χ1n) is 6.51. The van der Waals surface area contributed by atoms with Crippen molar-refractivity contribution in [2.24, 2.45) is 0 Å². The van der Waals surface area contributed by atoms with Crippen molar-refractivity contribution in [3.8, 4) is 0 Å². The van der Waals surface area contributed by atoms with Gasteiger partial charge >= 0.3 is 0 Å². The molecule has 1 unspecified atom stereocenters. The Hall–Kier alpha value is -2.16. The molecule has 0 amide bonds. The van der Waals surface area contributed by atoms with Gasteiger partial charge in [-0.25, -0.2) is 4.98 Å². The van der Waals surface area contributed by atoms with Crippen molar-refractivity contribution in [1.82, 2.24) is 4.98 Å². The Morgan fingerprint density at radius 1 is 1.26 bits per heavy atom. The first-order valence-corrected chi connectivity index (χ1v) is 6.51. The van der Waals surface area contributed by atoms with Crippen LogP contribution in [0.5, 0.6) is 0 Å². The van der Waals surface area contributed by atoms with E-state index >= 15 is 0 Å². The summed E-state index contributed by atoms with van der Waals surface area (Å²) in [4.78, 5) is 18.4. The van der Waals surface area contributed by atoms with E-state index in [1.807, 2.05) is 18.2 Å². The molecule has 0 radical (unpaired) electrons. The molecule has 0 saturated heterocycles. The Balaban J connectivity index is 2.15. The van der Waals surface area contributed by atoms with Gasteiger partial charge in [0, 0.05) is 17.9 Å². The maximum atomic E-state index is 11.8. The van der Waals surface area contributed by atoms with Crippen LogP contribution in [0.15, 0.2) is 42.6 Å². The lowest BCUT2D eigenvalue weighted by molar-refractivity contribution is 0.101. The summed E-state index contributed by atoms with van der Waals surface area (Å²) in [6, 6.07) is 12.3. The third kappa shape index (κ3) is 1.91. The highest BCUT2D eigenvalue weighted by atomic mass is 16.1. The fourth-order valence-corrected chi connectivity index (χ4v) is 2.75. The number of fused-ring (bicyclic) bond motifs is 1. The van der Waals surface area contributed by atoms with Gasteiger partial charge in [-0.05, 0) is 44.0 Å². The van der Waals surface area contributed by atoms with Crippen molar-refractivity contribution in [3.05, 3.63) is 53.7 Å². The Morgan fingerprint density at radius 3 is 2.84 bits per heavy atom. The van der Waals surface area contributed by atoms with E-state index in [0.29, 0.717) is 11.6 Å². The lowest BCUT2D eigenvalue weighted by atomic mass is 10.1. The molecular formula is C16H16N2O. The maximum absolute atomic E-state index is 11.8. The highest BCUT2D eigenvalue weighted by molar-refractivity contribution is 5.99. The van der Waals surface area contributed by atoms with E-state index in [4.69, 9.17) is 0 Å². The van der Waals surface area contributed by atoms with Gasteiger partial charge in [-0.2, -0.15) is 0 Å². The molecule has 0 saturated carbocycles. The van der Waals surface area contributed by atoms with Crippen LogP contribution in [0, 0.1) is 0 Å². The molecule has 0 aliphatic carbocycles. The number of anilines is 2. The monoisotopic (exact) mass is 252 g/mol. The summed E-state index contributed by atoms with van der Waals surface area (Å²) in [5.74, 6) is 0.826. The summed E-state index contributed by atoms with van der Waals surface area (Å²) in [5.41, 5.74) is 3.16. The minimum atomic E-state index is 0.0553. The number of benzene rings is 1. The van der Waals surface area contributed by atoms with Crippen LogP contribution < -0.4 is 4.90 Å². The molecular weight excluding hydrogens is 236 g/mol. The second-order valence-corrected chi connectivity index (χ2v) is 4.98. The number of nitrogens with zero attached hydrogens (tertiary/aromatic N) is 2. The van der Waals surface area contributed by atoms with Crippen molar-refractivity contribution < 1.29 is 4.79 Å².